The predicted molar refractivity (Wildman–Crippen MR) is 75.1 cm³/mol. The van der Waals surface area contributed by atoms with Crippen LogP contribution in [-0.4, -0.2) is 20.7 Å². The van der Waals surface area contributed by atoms with Crippen molar-refractivity contribution in [1.29, 1.82) is 0 Å². The first-order valence-corrected chi connectivity index (χ1v) is 6.96. The second-order valence-electron chi connectivity index (χ2n) is 4.57. The highest BCUT2D eigenvalue weighted by Gasteiger charge is 2.13. The summed E-state index contributed by atoms with van der Waals surface area (Å²) in [6, 6.07) is 0. The number of thiazole rings is 1. The summed E-state index contributed by atoms with van der Waals surface area (Å²) in [5, 5.41) is 8.25. The molecule has 0 aliphatic rings. The molecule has 2 heterocycles. The fraction of sp³-hybridized carbons (Fsp3) is 0.462. The molecule has 5 nitrogen and oxygen atoms in total. The van der Waals surface area contributed by atoms with Gasteiger partial charge in [0.1, 0.15) is 0 Å². The number of nitrogens with one attached hydrogen (secondary N) is 1. The van der Waals surface area contributed by atoms with Crippen LogP contribution in [0.2, 0.25) is 0 Å². The summed E-state index contributed by atoms with van der Waals surface area (Å²) >= 11 is 1.60. The van der Waals surface area contributed by atoms with Crippen molar-refractivity contribution in [3.63, 3.8) is 0 Å². The van der Waals surface area contributed by atoms with Crippen molar-refractivity contribution >= 4 is 17.2 Å². The molecule has 0 aliphatic carbocycles. The molecule has 0 atom stereocenters. The highest BCUT2D eigenvalue weighted by atomic mass is 32.1. The Kier molecular flexibility index (Phi) is 3.99. The Balaban J connectivity index is 1.94. The third-order valence-electron chi connectivity index (χ3n) is 3.13. The molecule has 1 N–H and O–H groups in total. The van der Waals surface area contributed by atoms with Crippen LogP contribution in [0.25, 0.3) is 0 Å². The van der Waals surface area contributed by atoms with E-state index < -0.39 is 0 Å². The lowest BCUT2D eigenvalue weighted by atomic mass is 10.1. The van der Waals surface area contributed by atoms with E-state index in [4.69, 9.17) is 0 Å². The van der Waals surface area contributed by atoms with Crippen LogP contribution in [0.4, 0.5) is 0 Å². The van der Waals surface area contributed by atoms with Crippen molar-refractivity contribution < 1.29 is 4.79 Å². The minimum Gasteiger partial charge on any atom is -0.351 e. The highest BCUT2D eigenvalue weighted by Crippen LogP contribution is 2.13. The predicted octanol–water partition coefficient (Wildman–Crippen LogP) is 1.66. The zero-order valence-electron chi connectivity index (χ0n) is 11.6. The van der Waals surface area contributed by atoms with Crippen LogP contribution in [0, 0.1) is 20.8 Å². The molecule has 102 valence electrons. The van der Waals surface area contributed by atoms with Crippen LogP contribution in [0.5, 0.6) is 0 Å². The molecule has 0 aliphatic heterocycles. The molecule has 0 radical (unpaired) electrons. The summed E-state index contributed by atoms with van der Waals surface area (Å²) in [4.78, 5) is 17.2. The Morgan fingerprint density at radius 1 is 1.42 bits per heavy atom. The van der Waals surface area contributed by atoms with Gasteiger partial charge in [-0.15, -0.1) is 11.3 Å². The van der Waals surface area contributed by atoms with Gasteiger partial charge in [-0.25, -0.2) is 4.98 Å². The molecule has 1 amide bonds. The molecule has 2 aromatic rings. The normalized spacial score (nSPS) is 10.7. The van der Waals surface area contributed by atoms with E-state index >= 15 is 0 Å². The smallest absolute Gasteiger partial charge is 0.224 e. The molecular formula is C13H18N4OS. The standard InChI is InChI=1S/C13H18N4OS/c1-8-12(9(2)17(4)16-8)5-13(18)15-7-11-6-14-10(3)19-11/h6H,5,7H2,1-4H3,(H,15,18). The first-order chi connectivity index (χ1) is 8.97. The molecule has 2 rings (SSSR count). The van der Waals surface area contributed by atoms with Gasteiger partial charge in [0.15, 0.2) is 0 Å². The van der Waals surface area contributed by atoms with E-state index in [0.29, 0.717) is 13.0 Å². The van der Waals surface area contributed by atoms with Gasteiger partial charge in [0, 0.05) is 29.4 Å². The molecule has 19 heavy (non-hydrogen) atoms. The van der Waals surface area contributed by atoms with E-state index in [1.165, 1.54) is 0 Å². The van der Waals surface area contributed by atoms with Crippen LogP contribution >= 0.6 is 11.3 Å². The third kappa shape index (κ3) is 3.20. The third-order valence-corrected chi connectivity index (χ3v) is 4.04. The monoisotopic (exact) mass is 278 g/mol. The van der Waals surface area contributed by atoms with Crippen molar-refractivity contribution in [2.75, 3.05) is 0 Å². The fourth-order valence-electron chi connectivity index (χ4n) is 1.97. The average Bonchev–Trinajstić information content (AvgIpc) is 2.86. The van der Waals surface area contributed by atoms with Crippen molar-refractivity contribution in [3.8, 4) is 0 Å². The van der Waals surface area contributed by atoms with E-state index in [0.717, 1.165) is 26.8 Å². The number of hydrogen-bond donors (Lipinski definition) is 1. The minimum absolute atomic E-state index is 0.0188. The van der Waals surface area contributed by atoms with Crippen molar-refractivity contribution in [1.82, 2.24) is 20.1 Å². The number of aryl methyl sites for hydroxylation is 3. The van der Waals surface area contributed by atoms with Gasteiger partial charge >= 0.3 is 0 Å². The first-order valence-electron chi connectivity index (χ1n) is 6.14. The van der Waals surface area contributed by atoms with Gasteiger partial charge in [-0.2, -0.15) is 5.10 Å². The van der Waals surface area contributed by atoms with Crippen LogP contribution < -0.4 is 5.32 Å². The van der Waals surface area contributed by atoms with E-state index in [2.05, 4.69) is 15.4 Å². The lowest BCUT2D eigenvalue weighted by molar-refractivity contribution is -0.120. The summed E-state index contributed by atoms with van der Waals surface area (Å²) in [6.07, 6.45) is 2.18. The van der Waals surface area contributed by atoms with E-state index in [1.54, 1.807) is 17.5 Å². The number of nitrogens with zero attached hydrogens (tertiary/aromatic N) is 3. The van der Waals surface area contributed by atoms with Crippen molar-refractivity contribution in [2.24, 2.45) is 7.05 Å². The highest BCUT2D eigenvalue weighted by molar-refractivity contribution is 7.11. The van der Waals surface area contributed by atoms with Gasteiger partial charge < -0.3 is 5.32 Å². The molecule has 0 spiro atoms. The fourth-order valence-corrected chi connectivity index (χ4v) is 2.70. The van der Waals surface area contributed by atoms with Crippen LogP contribution in [0.1, 0.15) is 26.8 Å². The molecule has 2 aromatic heterocycles. The van der Waals surface area contributed by atoms with Crippen LogP contribution in [0.15, 0.2) is 6.20 Å². The number of hydrogen-bond acceptors (Lipinski definition) is 4. The Morgan fingerprint density at radius 2 is 2.16 bits per heavy atom. The molecule has 0 aromatic carbocycles. The molecule has 0 bridgehead atoms. The number of carbonyl (C=O) groups is 1. The van der Waals surface area contributed by atoms with Gasteiger partial charge in [0.05, 0.1) is 23.7 Å². The Hall–Kier alpha value is -1.69. The summed E-state index contributed by atoms with van der Waals surface area (Å²) < 4.78 is 1.81. The Bertz CT molecular complexity index is 600. The maximum Gasteiger partial charge on any atom is 0.224 e. The first kappa shape index (κ1) is 13.7. The lowest BCUT2D eigenvalue weighted by Gasteiger charge is -2.04. The van der Waals surface area contributed by atoms with Crippen molar-refractivity contribution in [3.05, 3.63) is 33.0 Å². The Labute approximate surface area is 116 Å². The number of carbonyl (C=O) groups excluding carboxylic acids is 1. The van der Waals surface area contributed by atoms with E-state index in [-0.39, 0.29) is 5.91 Å². The zero-order valence-corrected chi connectivity index (χ0v) is 12.5. The van der Waals surface area contributed by atoms with E-state index in [9.17, 15) is 4.79 Å². The second-order valence-corrected chi connectivity index (χ2v) is 5.89. The molecular weight excluding hydrogens is 260 g/mol. The number of rotatable bonds is 4. The maximum absolute atomic E-state index is 11.9. The summed E-state index contributed by atoms with van der Waals surface area (Å²) in [6.45, 7) is 6.42. The largest absolute Gasteiger partial charge is 0.351 e. The molecule has 0 fully saturated rings. The van der Waals surface area contributed by atoms with Gasteiger partial charge in [0.2, 0.25) is 5.91 Å². The second kappa shape index (κ2) is 5.52. The molecule has 0 unspecified atom stereocenters. The van der Waals surface area contributed by atoms with E-state index in [1.807, 2.05) is 32.5 Å². The maximum atomic E-state index is 11.9. The summed E-state index contributed by atoms with van der Waals surface area (Å²) in [5.74, 6) is 0.0188. The summed E-state index contributed by atoms with van der Waals surface area (Å²) in [7, 11) is 1.89. The quantitative estimate of drug-likeness (QED) is 0.925. The molecule has 0 saturated carbocycles. The van der Waals surface area contributed by atoms with Gasteiger partial charge in [-0.05, 0) is 20.8 Å². The zero-order chi connectivity index (χ0) is 14.0. The SMILES string of the molecule is Cc1ncc(CNC(=O)Cc2c(C)nn(C)c2C)s1. The van der Waals surface area contributed by atoms with Gasteiger partial charge in [-0.1, -0.05) is 0 Å². The van der Waals surface area contributed by atoms with Crippen molar-refractivity contribution in [2.45, 2.75) is 33.7 Å². The van der Waals surface area contributed by atoms with Gasteiger partial charge in [-0.3, -0.25) is 9.48 Å². The number of aromatic nitrogens is 3. The molecule has 6 heteroatoms. The lowest BCUT2D eigenvalue weighted by Crippen LogP contribution is -2.24. The minimum atomic E-state index is 0.0188. The van der Waals surface area contributed by atoms with Gasteiger partial charge in [0.25, 0.3) is 0 Å². The number of amides is 1. The molecule has 0 saturated heterocycles. The summed E-state index contributed by atoms with van der Waals surface area (Å²) in [5.41, 5.74) is 2.98. The topological polar surface area (TPSA) is 59.8 Å². The van der Waals surface area contributed by atoms with Crippen LogP contribution in [-0.2, 0) is 24.8 Å². The Morgan fingerprint density at radius 3 is 2.68 bits per heavy atom. The average molecular weight is 278 g/mol. The van der Waals surface area contributed by atoms with Crippen LogP contribution in [0.3, 0.4) is 0 Å².